The minimum Gasteiger partial charge on any atom is -0.388 e. The molecule has 1 aliphatic heterocycles. The van der Waals surface area contributed by atoms with Crippen LogP contribution in [0, 0.1) is 5.92 Å². The van der Waals surface area contributed by atoms with Gasteiger partial charge in [0, 0.05) is 5.54 Å². The van der Waals surface area contributed by atoms with Crippen molar-refractivity contribution < 1.29 is 5.11 Å². The lowest BCUT2D eigenvalue weighted by Gasteiger charge is -2.44. The van der Waals surface area contributed by atoms with E-state index in [1.807, 2.05) is 0 Å². The van der Waals surface area contributed by atoms with Crippen LogP contribution in [0.15, 0.2) is 0 Å². The Balaban J connectivity index is 2.13. The minimum absolute atomic E-state index is 0.0883. The zero-order valence-corrected chi connectivity index (χ0v) is 9.47. The van der Waals surface area contributed by atoms with E-state index in [1.54, 1.807) is 0 Å². The molecule has 1 atom stereocenters. The Kier molecular flexibility index (Phi) is 2.61. The van der Waals surface area contributed by atoms with E-state index in [9.17, 15) is 5.11 Å². The van der Waals surface area contributed by atoms with E-state index in [2.05, 4.69) is 19.2 Å². The molecular formula is C12H23NO. The first-order valence-corrected chi connectivity index (χ1v) is 6.04. The molecule has 0 amide bonds. The molecule has 0 aromatic heterocycles. The normalized spacial score (nSPS) is 38.8. The van der Waals surface area contributed by atoms with Gasteiger partial charge in [0.2, 0.25) is 0 Å². The number of nitrogens with one attached hydrogen (secondary N) is 1. The molecule has 1 saturated heterocycles. The van der Waals surface area contributed by atoms with Crippen molar-refractivity contribution in [2.24, 2.45) is 5.92 Å². The zero-order valence-electron chi connectivity index (χ0n) is 9.47. The van der Waals surface area contributed by atoms with Crippen molar-refractivity contribution in [3.63, 3.8) is 0 Å². The summed E-state index contributed by atoms with van der Waals surface area (Å²) in [5.74, 6) is 0.529. The molecule has 2 fully saturated rings. The Hall–Kier alpha value is -0.0800. The average Bonchev–Trinajstić information content (AvgIpc) is 2.44. The second-order valence-corrected chi connectivity index (χ2v) is 5.56. The second-order valence-electron chi connectivity index (χ2n) is 5.56. The minimum atomic E-state index is -0.451. The Bertz CT molecular complexity index is 208. The molecule has 82 valence electrons. The lowest BCUT2D eigenvalue weighted by atomic mass is 9.68. The van der Waals surface area contributed by atoms with Crippen LogP contribution in [-0.2, 0) is 0 Å². The lowest BCUT2D eigenvalue weighted by Crippen LogP contribution is -2.56. The molecule has 2 N–H and O–H groups in total. The van der Waals surface area contributed by atoms with Crippen LogP contribution in [0.5, 0.6) is 0 Å². The summed E-state index contributed by atoms with van der Waals surface area (Å²) in [6, 6.07) is 0. The van der Waals surface area contributed by atoms with Gasteiger partial charge in [-0.25, -0.2) is 0 Å². The number of hydrogen-bond acceptors (Lipinski definition) is 2. The fraction of sp³-hybridized carbons (Fsp3) is 1.00. The summed E-state index contributed by atoms with van der Waals surface area (Å²) in [6.45, 7) is 5.27. The first kappa shape index (κ1) is 10.4. The molecule has 1 heterocycles. The summed E-state index contributed by atoms with van der Waals surface area (Å²) < 4.78 is 0. The molecule has 2 rings (SSSR count). The third kappa shape index (κ3) is 1.49. The predicted molar refractivity (Wildman–Crippen MR) is 58.2 cm³/mol. The maximum absolute atomic E-state index is 10.8. The van der Waals surface area contributed by atoms with Gasteiger partial charge in [-0.15, -0.1) is 0 Å². The molecule has 2 aliphatic rings. The van der Waals surface area contributed by atoms with Crippen LogP contribution in [0.1, 0.15) is 52.4 Å². The molecule has 0 aromatic carbocycles. The van der Waals surface area contributed by atoms with Crippen LogP contribution < -0.4 is 5.32 Å². The Labute approximate surface area is 87.1 Å². The van der Waals surface area contributed by atoms with Crippen molar-refractivity contribution in [3.05, 3.63) is 0 Å². The van der Waals surface area contributed by atoms with Crippen LogP contribution >= 0.6 is 0 Å². The van der Waals surface area contributed by atoms with Gasteiger partial charge in [-0.1, -0.05) is 19.3 Å². The molecule has 0 spiro atoms. The van der Waals surface area contributed by atoms with E-state index >= 15 is 0 Å². The maximum Gasteiger partial charge on any atom is 0.0863 e. The smallest absolute Gasteiger partial charge is 0.0863 e. The summed E-state index contributed by atoms with van der Waals surface area (Å²) in [5.41, 5.74) is -0.539. The highest BCUT2D eigenvalue weighted by molar-refractivity contribution is 5.08. The van der Waals surface area contributed by atoms with Crippen LogP contribution in [0.4, 0.5) is 0 Å². The summed E-state index contributed by atoms with van der Waals surface area (Å²) in [7, 11) is 0. The summed E-state index contributed by atoms with van der Waals surface area (Å²) in [6.07, 6.45) is 7.36. The van der Waals surface area contributed by atoms with E-state index in [0.29, 0.717) is 5.92 Å². The quantitative estimate of drug-likeness (QED) is 0.674. The number of rotatable bonds is 1. The molecule has 0 radical (unpaired) electrons. The summed E-state index contributed by atoms with van der Waals surface area (Å²) in [5, 5.41) is 14.2. The van der Waals surface area contributed by atoms with E-state index in [1.165, 1.54) is 32.1 Å². The number of aliphatic hydroxyl groups is 1. The second kappa shape index (κ2) is 3.49. The van der Waals surface area contributed by atoms with Crippen molar-refractivity contribution in [3.8, 4) is 0 Å². The van der Waals surface area contributed by atoms with Gasteiger partial charge in [-0.05, 0) is 45.6 Å². The fourth-order valence-corrected chi connectivity index (χ4v) is 3.33. The topological polar surface area (TPSA) is 32.3 Å². The van der Waals surface area contributed by atoms with E-state index in [-0.39, 0.29) is 5.54 Å². The molecular weight excluding hydrogens is 174 g/mol. The molecule has 0 aromatic rings. The van der Waals surface area contributed by atoms with E-state index in [0.717, 1.165) is 13.0 Å². The van der Waals surface area contributed by atoms with Gasteiger partial charge < -0.3 is 10.4 Å². The van der Waals surface area contributed by atoms with E-state index < -0.39 is 5.60 Å². The summed E-state index contributed by atoms with van der Waals surface area (Å²) >= 11 is 0. The van der Waals surface area contributed by atoms with E-state index in [4.69, 9.17) is 0 Å². The molecule has 14 heavy (non-hydrogen) atoms. The predicted octanol–water partition coefficient (Wildman–Crippen LogP) is 2.07. The third-order valence-corrected chi connectivity index (χ3v) is 4.44. The average molecular weight is 197 g/mol. The first-order chi connectivity index (χ1) is 6.56. The highest BCUT2D eigenvalue weighted by Gasteiger charge is 2.52. The number of hydrogen-bond donors (Lipinski definition) is 2. The van der Waals surface area contributed by atoms with Crippen molar-refractivity contribution in [2.45, 2.75) is 63.5 Å². The standard InChI is InChI=1S/C12H23NO/c1-11(2)12(14,8-9-13-11)10-6-4-3-5-7-10/h10,13-14H,3-9H2,1-2H3. The van der Waals surface area contributed by atoms with Gasteiger partial charge in [0.1, 0.15) is 0 Å². The molecule has 2 nitrogen and oxygen atoms in total. The monoisotopic (exact) mass is 197 g/mol. The van der Waals surface area contributed by atoms with Crippen molar-refractivity contribution in [1.82, 2.24) is 5.32 Å². The Morgan fingerprint density at radius 3 is 2.29 bits per heavy atom. The highest BCUT2D eigenvalue weighted by Crippen LogP contribution is 2.43. The SMILES string of the molecule is CC1(C)NCCC1(O)C1CCCCC1. The summed E-state index contributed by atoms with van der Waals surface area (Å²) in [4.78, 5) is 0. The Morgan fingerprint density at radius 1 is 1.14 bits per heavy atom. The van der Waals surface area contributed by atoms with Crippen molar-refractivity contribution in [2.75, 3.05) is 6.54 Å². The molecule has 1 saturated carbocycles. The molecule has 1 aliphatic carbocycles. The molecule has 2 heteroatoms. The van der Waals surface area contributed by atoms with Gasteiger partial charge in [0.05, 0.1) is 5.60 Å². The largest absolute Gasteiger partial charge is 0.388 e. The van der Waals surface area contributed by atoms with Gasteiger partial charge in [0.25, 0.3) is 0 Å². The van der Waals surface area contributed by atoms with Gasteiger partial charge in [0.15, 0.2) is 0 Å². The van der Waals surface area contributed by atoms with Crippen LogP contribution in [-0.4, -0.2) is 22.8 Å². The third-order valence-electron chi connectivity index (χ3n) is 4.44. The zero-order chi connectivity index (χ0) is 10.2. The van der Waals surface area contributed by atoms with Crippen LogP contribution in [0.2, 0.25) is 0 Å². The lowest BCUT2D eigenvalue weighted by molar-refractivity contribution is -0.0710. The fourth-order valence-electron chi connectivity index (χ4n) is 3.33. The molecule has 0 bridgehead atoms. The van der Waals surface area contributed by atoms with Crippen LogP contribution in [0.25, 0.3) is 0 Å². The van der Waals surface area contributed by atoms with Crippen LogP contribution in [0.3, 0.4) is 0 Å². The first-order valence-electron chi connectivity index (χ1n) is 6.04. The van der Waals surface area contributed by atoms with Gasteiger partial charge in [-0.2, -0.15) is 0 Å². The Morgan fingerprint density at radius 2 is 1.79 bits per heavy atom. The van der Waals surface area contributed by atoms with Gasteiger partial charge >= 0.3 is 0 Å². The van der Waals surface area contributed by atoms with Crippen molar-refractivity contribution >= 4 is 0 Å². The van der Waals surface area contributed by atoms with Crippen molar-refractivity contribution in [1.29, 1.82) is 0 Å². The van der Waals surface area contributed by atoms with Gasteiger partial charge in [-0.3, -0.25) is 0 Å². The highest BCUT2D eigenvalue weighted by atomic mass is 16.3. The molecule has 1 unspecified atom stereocenters. The maximum atomic E-state index is 10.8.